The molecule has 0 aliphatic heterocycles. The predicted molar refractivity (Wildman–Crippen MR) is 181 cm³/mol. The molecule has 0 aromatic heterocycles. The van der Waals surface area contributed by atoms with Gasteiger partial charge in [-0.15, -0.1) is 0 Å². The van der Waals surface area contributed by atoms with Crippen LogP contribution in [0.25, 0.3) is 0 Å². The molecule has 17 heteroatoms. The topological polar surface area (TPSA) is 250 Å². The van der Waals surface area contributed by atoms with Crippen LogP contribution in [0.15, 0.2) is 28.7 Å². The highest BCUT2D eigenvalue weighted by Crippen LogP contribution is 2.54. The molecule has 3 aliphatic carbocycles. The number of allylic oxidation sites excluding steroid dienone is 1. The second kappa shape index (κ2) is 14.6. The maximum absolute atomic E-state index is 14.3. The number of nitrogens with one attached hydrogen (secondary N) is 1. The summed E-state index contributed by atoms with van der Waals surface area (Å²) in [6, 6.07) is 0.316. The maximum atomic E-state index is 14.3. The number of amides is 3. The lowest BCUT2D eigenvalue weighted by Gasteiger charge is -2.50. The van der Waals surface area contributed by atoms with E-state index in [2.05, 4.69) is 5.32 Å². The van der Waals surface area contributed by atoms with Crippen molar-refractivity contribution in [2.24, 2.45) is 23.5 Å². The highest BCUT2D eigenvalue weighted by atomic mass is 16.7. The number of fused-ring (bicyclic) bond motifs is 3. The van der Waals surface area contributed by atoms with E-state index in [1.165, 1.54) is 11.0 Å². The third-order valence-electron chi connectivity index (χ3n) is 9.40. The number of Topliss-reactive ketones (excluding diaryl/α,β-unsaturated/α-hetero) is 2. The van der Waals surface area contributed by atoms with E-state index >= 15 is 0 Å². The van der Waals surface area contributed by atoms with Gasteiger partial charge in [0, 0.05) is 37.8 Å². The molecule has 0 bridgehead atoms. The number of carbonyl (C=O) groups is 6. The quantitative estimate of drug-likeness (QED) is 0.0814. The molecular formula is C34H45N5O12. The minimum atomic E-state index is -2.80. The van der Waals surface area contributed by atoms with E-state index in [4.69, 9.17) is 15.2 Å². The third-order valence-corrected chi connectivity index (χ3v) is 9.40. The molecule has 4 atom stereocenters. The first-order valence-electron chi connectivity index (χ1n) is 16.4. The number of carbonyl (C=O) groups excluding carboxylic acids is 6. The Morgan fingerprint density at radius 1 is 1.08 bits per heavy atom. The zero-order valence-electron chi connectivity index (χ0n) is 29.6. The molecule has 7 N–H and O–H groups in total. The molecular weight excluding hydrogens is 670 g/mol. The fraction of sp³-hybridized carbons (Fsp3) is 0.529. The number of esters is 1. The monoisotopic (exact) mass is 715 g/mol. The van der Waals surface area contributed by atoms with Gasteiger partial charge in [0.2, 0.25) is 18.5 Å². The number of aliphatic hydroxyl groups excluding tert-OH is 2. The average Bonchev–Trinajstić information content (AvgIpc) is 3.03. The van der Waals surface area contributed by atoms with E-state index in [0.717, 1.165) is 4.90 Å². The van der Waals surface area contributed by atoms with Crippen LogP contribution in [-0.4, -0.2) is 125 Å². The van der Waals surface area contributed by atoms with Gasteiger partial charge in [0.15, 0.2) is 17.1 Å². The summed E-state index contributed by atoms with van der Waals surface area (Å²) in [5, 5.41) is 48.4. The zero-order valence-corrected chi connectivity index (χ0v) is 29.6. The van der Waals surface area contributed by atoms with Crippen molar-refractivity contribution in [2.75, 3.05) is 58.3 Å². The van der Waals surface area contributed by atoms with Gasteiger partial charge in [-0.3, -0.25) is 33.8 Å². The largest absolute Gasteiger partial charge is 0.510 e. The number of anilines is 2. The Morgan fingerprint density at radius 3 is 2.27 bits per heavy atom. The fourth-order valence-electron chi connectivity index (χ4n) is 7.06. The van der Waals surface area contributed by atoms with Crippen LogP contribution in [0.3, 0.4) is 0 Å². The number of nitrogens with two attached hydrogens (primary N) is 1. The Hall–Kier alpha value is -5.16. The number of ketones is 2. The van der Waals surface area contributed by atoms with E-state index in [1.807, 2.05) is 0 Å². The second-order valence-electron chi connectivity index (χ2n) is 13.6. The minimum Gasteiger partial charge on any atom is -0.510 e. The van der Waals surface area contributed by atoms with Crippen molar-refractivity contribution >= 4 is 46.8 Å². The maximum Gasteiger partial charge on any atom is 0.413 e. The number of phenols is 1. The summed E-state index contributed by atoms with van der Waals surface area (Å²) >= 11 is 0. The molecule has 0 heterocycles. The standard InChI is InChI=1S/C34H45N5O12/c1-8-9-39(33(48)51-14-50-32(47)15(2)3)13-21(40)36-19-12-20(37(4)5)17-10-16-11-18-25(38(6)7)28(43)24(31(35)46)30(45)34(18,49)29(44)22(16)27(42)23(17)26(19)41/h12,15-16,18,25,41,43-44,49H,8-11,13-14H2,1-7H3,(H2,35,46)(H,36,40)/t16-,18-,25-,34-/m0/s1. The Labute approximate surface area is 294 Å². The first kappa shape index (κ1) is 38.6. The molecule has 17 nitrogen and oxygen atoms in total. The number of rotatable bonds is 11. The van der Waals surface area contributed by atoms with Gasteiger partial charge in [0.1, 0.15) is 23.6 Å². The second-order valence-corrected chi connectivity index (χ2v) is 13.6. The number of primary amides is 1. The molecule has 51 heavy (non-hydrogen) atoms. The van der Waals surface area contributed by atoms with Crippen LogP contribution in [0.2, 0.25) is 0 Å². The Balaban J connectivity index is 1.71. The van der Waals surface area contributed by atoms with Crippen molar-refractivity contribution in [2.45, 2.75) is 51.7 Å². The van der Waals surface area contributed by atoms with Gasteiger partial charge in [0.05, 0.1) is 23.2 Å². The number of aliphatic hydroxyl groups is 3. The lowest BCUT2D eigenvalue weighted by atomic mass is 9.58. The van der Waals surface area contributed by atoms with Gasteiger partial charge in [0.25, 0.3) is 5.91 Å². The van der Waals surface area contributed by atoms with Crippen LogP contribution in [0, 0.1) is 17.8 Å². The van der Waals surface area contributed by atoms with Crippen molar-refractivity contribution in [1.29, 1.82) is 0 Å². The molecule has 3 amide bonds. The predicted octanol–water partition coefficient (Wildman–Crippen LogP) is 1.13. The van der Waals surface area contributed by atoms with Gasteiger partial charge in [-0.05, 0) is 50.9 Å². The van der Waals surface area contributed by atoms with E-state index < -0.39 is 101 Å². The molecule has 0 fully saturated rings. The van der Waals surface area contributed by atoms with Crippen molar-refractivity contribution in [1.82, 2.24) is 9.80 Å². The van der Waals surface area contributed by atoms with Crippen LogP contribution in [-0.2, 0) is 35.1 Å². The Morgan fingerprint density at radius 2 is 1.73 bits per heavy atom. The SMILES string of the molecule is CCCN(CC(=O)Nc1cc(N(C)C)c2c(c1O)C(=O)C1=C(O)[C@]3(O)C(=O)C(C(N)=O)=C(O)[C@@H](N(C)C)[C@@H]3C[C@@H]1C2)C(=O)OCOC(=O)C(C)C. The zero-order chi connectivity index (χ0) is 38.3. The molecule has 1 aromatic rings. The summed E-state index contributed by atoms with van der Waals surface area (Å²) in [4.78, 5) is 81.8. The molecule has 278 valence electrons. The van der Waals surface area contributed by atoms with Crippen molar-refractivity contribution < 1.29 is 58.7 Å². The smallest absolute Gasteiger partial charge is 0.413 e. The summed E-state index contributed by atoms with van der Waals surface area (Å²) in [5.74, 6) is -9.73. The lowest BCUT2D eigenvalue weighted by Crippen LogP contribution is -2.63. The summed E-state index contributed by atoms with van der Waals surface area (Å²) in [5.41, 5.74) is 1.60. The van der Waals surface area contributed by atoms with Crippen LogP contribution in [0.5, 0.6) is 5.75 Å². The van der Waals surface area contributed by atoms with Crippen molar-refractivity contribution in [3.63, 3.8) is 0 Å². The Kier molecular flexibility index (Phi) is 11.1. The van der Waals surface area contributed by atoms with Gasteiger partial charge in [-0.1, -0.05) is 20.8 Å². The van der Waals surface area contributed by atoms with E-state index in [9.17, 15) is 49.2 Å². The van der Waals surface area contributed by atoms with Crippen LogP contribution in [0.4, 0.5) is 16.2 Å². The number of aromatic hydroxyl groups is 1. The number of nitrogens with zero attached hydrogens (tertiary/aromatic N) is 3. The Bertz CT molecular complexity index is 1730. The van der Waals surface area contributed by atoms with Crippen LogP contribution < -0.4 is 16.0 Å². The van der Waals surface area contributed by atoms with Crippen molar-refractivity contribution in [3.05, 3.63) is 39.9 Å². The van der Waals surface area contributed by atoms with Gasteiger partial charge >= 0.3 is 12.1 Å². The lowest BCUT2D eigenvalue weighted by molar-refractivity contribution is -0.156. The van der Waals surface area contributed by atoms with Crippen LogP contribution >= 0.6 is 0 Å². The molecule has 1 aromatic carbocycles. The number of hydrogen-bond acceptors (Lipinski definition) is 14. The number of benzene rings is 1. The first-order chi connectivity index (χ1) is 23.8. The summed E-state index contributed by atoms with van der Waals surface area (Å²) in [6.07, 6.45) is -0.529. The first-order valence-corrected chi connectivity index (χ1v) is 16.4. The van der Waals surface area contributed by atoms with E-state index in [1.54, 1.807) is 53.9 Å². The molecule has 0 spiro atoms. The number of hydrogen-bond donors (Lipinski definition) is 6. The average molecular weight is 716 g/mol. The van der Waals surface area contributed by atoms with Crippen LogP contribution in [0.1, 0.15) is 49.5 Å². The summed E-state index contributed by atoms with van der Waals surface area (Å²) in [7, 11) is 6.43. The minimum absolute atomic E-state index is 0.0430. The van der Waals surface area contributed by atoms with Gasteiger partial charge in [-0.2, -0.15) is 0 Å². The molecule has 0 saturated heterocycles. The fourth-order valence-corrected chi connectivity index (χ4v) is 7.06. The molecule has 0 saturated carbocycles. The van der Waals surface area contributed by atoms with Gasteiger partial charge < -0.3 is 45.9 Å². The molecule has 4 rings (SSSR count). The summed E-state index contributed by atoms with van der Waals surface area (Å²) in [6.45, 7) is 3.89. The molecule has 3 aliphatic rings. The highest BCUT2D eigenvalue weighted by Gasteiger charge is 2.63. The van der Waals surface area contributed by atoms with E-state index in [0.29, 0.717) is 17.7 Å². The normalized spacial score (nSPS) is 22.7. The molecule has 0 radical (unpaired) electrons. The van der Waals surface area contributed by atoms with Gasteiger partial charge in [-0.25, -0.2) is 4.79 Å². The molecule has 0 unspecified atom stereocenters. The number of likely N-dealkylation sites (N-methyl/N-ethyl adjacent to an activating group) is 1. The highest BCUT2D eigenvalue weighted by molar-refractivity contribution is 6.25. The van der Waals surface area contributed by atoms with Crippen molar-refractivity contribution in [3.8, 4) is 5.75 Å². The number of ether oxygens (including phenoxy) is 2. The summed E-state index contributed by atoms with van der Waals surface area (Å²) < 4.78 is 9.86. The third kappa shape index (κ3) is 6.82. The number of phenolic OH excluding ortho intramolecular Hbond substituents is 1. The van der Waals surface area contributed by atoms with E-state index in [-0.39, 0.29) is 36.2 Å².